The maximum Gasteiger partial charge on any atom is 0.222 e. The van der Waals surface area contributed by atoms with Crippen LogP contribution in [0.4, 0.5) is 0 Å². The Morgan fingerprint density at radius 3 is 2.61 bits per heavy atom. The van der Waals surface area contributed by atoms with Crippen LogP contribution in [0.5, 0.6) is 0 Å². The van der Waals surface area contributed by atoms with E-state index in [4.69, 9.17) is 5.73 Å². The van der Waals surface area contributed by atoms with Gasteiger partial charge in [0.1, 0.15) is 0 Å². The van der Waals surface area contributed by atoms with Crippen molar-refractivity contribution in [3.05, 3.63) is 35.9 Å². The van der Waals surface area contributed by atoms with Gasteiger partial charge in [0.15, 0.2) is 0 Å². The van der Waals surface area contributed by atoms with E-state index in [-0.39, 0.29) is 18.4 Å². The lowest BCUT2D eigenvalue weighted by atomic mass is 9.80. The van der Waals surface area contributed by atoms with E-state index < -0.39 is 5.60 Å². The van der Waals surface area contributed by atoms with E-state index in [1.54, 1.807) is 0 Å². The summed E-state index contributed by atoms with van der Waals surface area (Å²) in [7, 11) is 0. The van der Waals surface area contributed by atoms with E-state index in [9.17, 15) is 9.90 Å². The van der Waals surface area contributed by atoms with Crippen molar-refractivity contribution in [2.45, 2.75) is 37.3 Å². The van der Waals surface area contributed by atoms with Gasteiger partial charge in [0.25, 0.3) is 0 Å². The highest BCUT2D eigenvalue weighted by molar-refractivity contribution is 5.76. The maximum atomic E-state index is 11.7. The highest BCUT2D eigenvalue weighted by Crippen LogP contribution is 2.30. The average molecular weight is 248 g/mol. The summed E-state index contributed by atoms with van der Waals surface area (Å²) in [6.45, 7) is 0.341. The van der Waals surface area contributed by atoms with E-state index in [0.29, 0.717) is 6.54 Å². The molecule has 0 radical (unpaired) electrons. The monoisotopic (exact) mass is 248 g/mol. The summed E-state index contributed by atoms with van der Waals surface area (Å²) in [6, 6.07) is 9.27. The molecule has 0 aliphatic heterocycles. The Hall–Kier alpha value is -1.39. The van der Waals surface area contributed by atoms with Crippen molar-refractivity contribution in [1.82, 2.24) is 5.32 Å². The molecule has 1 amide bonds. The van der Waals surface area contributed by atoms with Crippen LogP contribution in [0.3, 0.4) is 0 Å². The van der Waals surface area contributed by atoms with Gasteiger partial charge in [0.2, 0.25) is 5.91 Å². The predicted molar refractivity (Wildman–Crippen MR) is 69.8 cm³/mol. The maximum absolute atomic E-state index is 11.7. The van der Waals surface area contributed by atoms with Crippen LogP contribution in [-0.4, -0.2) is 23.2 Å². The zero-order valence-corrected chi connectivity index (χ0v) is 10.4. The summed E-state index contributed by atoms with van der Waals surface area (Å²) in [6.07, 6.45) is 2.84. The number of benzene rings is 1. The SMILES string of the molecule is NC(CC(=O)NCC1(O)CCC1)c1ccccc1. The van der Waals surface area contributed by atoms with Crippen LogP contribution < -0.4 is 11.1 Å². The Morgan fingerprint density at radius 1 is 1.39 bits per heavy atom. The van der Waals surface area contributed by atoms with Crippen LogP contribution in [-0.2, 0) is 4.79 Å². The number of carbonyl (C=O) groups is 1. The lowest BCUT2D eigenvalue weighted by Gasteiger charge is -2.36. The number of nitrogens with two attached hydrogens (primary N) is 1. The standard InChI is InChI=1S/C14H20N2O2/c15-12(11-5-2-1-3-6-11)9-13(17)16-10-14(18)7-4-8-14/h1-3,5-6,12,18H,4,7-10,15H2,(H,16,17). The number of nitrogens with one attached hydrogen (secondary N) is 1. The lowest BCUT2D eigenvalue weighted by molar-refractivity contribution is -0.123. The second kappa shape index (κ2) is 5.50. The van der Waals surface area contributed by atoms with Crippen molar-refractivity contribution in [2.24, 2.45) is 5.73 Å². The summed E-state index contributed by atoms with van der Waals surface area (Å²) >= 11 is 0. The highest BCUT2D eigenvalue weighted by Gasteiger charge is 2.34. The molecule has 4 nitrogen and oxygen atoms in total. The zero-order chi connectivity index (χ0) is 13.0. The smallest absolute Gasteiger partial charge is 0.222 e. The van der Waals surface area contributed by atoms with Gasteiger partial charge in [-0.3, -0.25) is 4.79 Å². The Morgan fingerprint density at radius 2 is 2.06 bits per heavy atom. The van der Waals surface area contributed by atoms with Crippen LogP contribution in [0.1, 0.15) is 37.3 Å². The molecule has 1 unspecified atom stereocenters. The van der Waals surface area contributed by atoms with Crippen LogP contribution in [0.25, 0.3) is 0 Å². The molecule has 1 aromatic carbocycles. The minimum Gasteiger partial charge on any atom is -0.388 e. The molecule has 1 aromatic rings. The van der Waals surface area contributed by atoms with E-state index in [1.165, 1.54) is 0 Å². The van der Waals surface area contributed by atoms with Gasteiger partial charge in [-0.05, 0) is 24.8 Å². The number of rotatable bonds is 5. The lowest BCUT2D eigenvalue weighted by Crippen LogP contribution is -2.48. The van der Waals surface area contributed by atoms with Crippen molar-refractivity contribution in [3.63, 3.8) is 0 Å². The van der Waals surface area contributed by atoms with Crippen molar-refractivity contribution < 1.29 is 9.90 Å². The first-order valence-electron chi connectivity index (χ1n) is 6.39. The van der Waals surface area contributed by atoms with Gasteiger partial charge in [0, 0.05) is 19.0 Å². The predicted octanol–water partition coefficient (Wildman–Crippen LogP) is 1.11. The summed E-state index contributed by atoms with van der Waals surface area (Å²) in [4.78, 5) is 11.7. The highest BCUT2D eigenvalue weighted by atomic mass is 16.3. The Labute approximate surface area is 107 Å². The third kappa shape index (κ3) is 3.31. The van der Waals surface area contributed by atoms with Gasteiger partial charge in [-0.2, -0.15) is 0 Å². The molecular formula is C14H20N2O2. The first kappa shape index (κ1) is 13.1. The molecule has 1 saturated carbocycles. The molecule has 4 N–H and O–H groups in total. The van der Waals surface area contributed by atoms with Crippen LogP contribution in [0.2, 0.25) is 0 Å². The van der Waals surface area contributed by atoms with Crippen LogP contribution in [0, 0.1) is 0 Å². The first-order chi connectivity index (χ1) is 8.59. The molecule has 0 heterocycles. The zero-order valence-electron chi connectivity index (χ0n) is 10.4. The van der Waals surface area contributed by atoms with E-state index in [2.05, 4.69) is 5.32 Å². The summed E-state index contributed by atoms with van der Waals surface area (Å²) in [5, 5.41) is 12.6. The summed E-state index contributed by atoms with van der Waals surface area (Å²) in [5.74, 6) is -0.105. The van der Waals surface area contributed by atoms with E-state index in [0.717, 1.165) is 24.8 Å². The molecule has 2 rings (SSSR count). The van der Waals surface area contributed by atoms with Crippen molar-refractivity contribution in [1.29, 1.82) is 0 Å². The van der Waals surface area contributed by atoms with Gasteiger partial charge in [-0.25, -0.2) is 0 Å². The second-order valence-corrected chi connectivity index (χ2v) is 5.08. The minimum atomic E-state index is -0.674. The first-order valence-corrected chi connectivity index (χ1v) is 6.39. The molecule has 1 aliphatic carbocycles. The number of carbonyl (C=O) groups excluding carboxylic acids is 1. The number of hydrogen-bond acceptors (Lipinski definition) is 3. The fourth-order valence-electron chi connectivity index (χ4n) is 2.11. The molecule has 0 saturated heterocycles. The number of amides is 1. The number of hydrogen-bond donors (Lipinski definition) is 3. The molecule has 4 heteroatoms. The molecule has 18 heavy (non-hydrogen) atoms. The average Bonchev–Trinajstić information content (AvgIpc) is 2.35. The van der Waals surface area contributed by atoms with Crippen LogP contribution in [0.15, 0.2) is 30.3 Å². The summed E-state index contributed by atoms with van der Waals surface area (Å²) < 4.78 is 0. The normalized spacial score (nSPS) is 18.8. The van der Waals surface area contributed by atoms with E-state index >= 15 is 0 Å². The van der Waals surface area contributed by atoms with Crippen molar-refractivity contribution in [2.75, 3.05) is 6.54 Å². The quantitative estimate of drug-likeness (QED) is 0.730. The molecule has 98 valence electrons. The Bertz CT molecular complexity index is 402. The fraction of sp³-hybridized carbons (Fsp3) is 0.500. The molecule has 0 bridgehead atoms. The third-order valence-electron chi connectivity index (χ3n) is 3.53. The van der Waals surface area contributed by atoms with Crippen molar-refractivity contribution in [3.8, 4) is 0 Å². The van der Waals surface area contributed by atoms with Crippen molar-refractivity contribution >= 4 is 5.91 Å². The van der Waals surface area contributed by atoms with Gasteiger partial charge >= 0.3 is 0 Å². The van der Waals surface area contributed by atoms with Gasteiger partial charge in [-0.1, -0.05) is 30.3 Å². The fourth-order valence-corrected chi connectivity index (χ4v) is 2.11. The minimum absolute atomic E-state index is 0.105. The third-order valence-corrected chi connectivity index (χ3v) is 3.53. The number of aliphatic hydroxyl groups is 1. The Balaban J connectivity index is 1.77. The molecule has 1 aliphatic rings. The largest absolute Gasteiger partial charge is 0.388 e. The van der Waals surface area contributed by atoms with E-state index in [1.807, 2.05) is 30.3 Å². The molecule has 1 atom stereocenters. The van der Waals surface area contributed by atoms with Gasteiger partial charge in [-0.15, -0.1) is 0 Å². The molecule has 0 aromatic heterocycles. The summed E-state index contributed by atoms with van der Waals surface area (Å²) in [5.41, 5.74) is 6.24. The molecule has 0 spiro atoms. The van der Waals surface area contributed by atoms with Gasteiger partial charge in [0.05, 0.1) is 5.60 Å². The molecule has 1 fully saturated rings. The second-order valence-electron chi connectivity index (χ2n) is 5.08. The Kier molecular flexibility index (Phi) is 3.99. The topological polar surface area (TPSA) is 75.4 Å². The van der Waals surface area contributed by atoms with Gasteiger partial charge < -0.3 is 16.2 Å². The molecular weight excluding hydrogens is 228 g/mol. The van der Waals surface area contributed by atoms with Crippen LogP contribution >= 0.6 is 0 Å².